The second kappa shape index (κ2) is 3.40. The summed E-state index contributed by atoms with van der Waals surface area (Å²) in [6.07, 6.45) is 0. The molecule has 0 radical (unpaired) electrons. The molecule has 4 N–H and O–H groups in total. The van der Waals surface area contributed by atoms with E-state index in [0.717, 1.165) is 0 Å². The van der Waals surface area contributed by atoms with Gasteiger partial charge in [-0.1, -0.05) is 0 Å². The number of alkyl halides is 1. The SMILES string of the molecule is NC(=O)c1ccc(CCl)nc1N. The molecule has 64 valence electrons. The Hall–Kier alpha value is -1.29. The Labute approximate surface area is 74.5 Å². The number of amides is 1. The Kier molecular flexibility index (Phi) is 2.50. The molecule has 12 heavy (non-hydrogen) atoms. The fourth-order valence-electron chi connectivity index (χ4n) is 0.800. The van der Waals surface area contributed by atoms with Gasteiger partial charge in [-0.05, 0) is 12.1 Å². The lowest BCUT2D eigenvalue weighted by Gasteiger charge is -2.01. The molecular formula is C7H8ClN3O. The zero-order valence-corrected chi connectivity index (χ0v) is 7.01. The third-order valence-corrected chi connectivity index (χ3v) is 1.66. The molecule has 1 rings (SSSR count). The maximum absolute atomic E-state index is 10.7. The van der Waals surface area contributed by atoms with Gasteiger partial charge < -0.3 is 11.5 Å². The van der Waals surface area contributed by atoms with Crippen molar-refractivity contribution in [3.05, 3.63) is 23.4 Å². The maximum atomic E-state index is 10.7. The van der Waals surface area contributed by atoms with Gasteiger partial charge in [-0.25, -0.2) is 4.98 Å². The number of rotatable bonds is 2. The molecule has 0 fully saturated rings. The summed E-state index contributed by atoms with van der Waals surface area (Å²) in [7, 11) is 0. The highest BCUT2D eigenvalue weighted by Crippen LogP contribution is 2.10. The summed E-state index contributed by atoms with van der Waals surface area (Å²) < 4.78 is 0. The number of aromatic nitrogens is 1. The molecule has 0 aliphatic heterocycles. The molecule has 0 saturated heterocycles. The van der Waals surface area contributed by atoms with Crippen LogP contribution in [0, 0.1) is 0 Å². The van der Waals surface area contributed by atoms with Crippen LogP contribution < -0.4 is 11.5 Å². The van der Waals surface area contributed by atoms with Gasteiger partial charge in [0.25, 0.3) is 5.91 Å². The molecule has 0 atom stereocenters. The van der Waals surface area contributed by atoms with Crippen molar-refractivity contribution >= 4 is 23.3 Å². The molecule has 5 heteroatoms. The van der Waals surface area contributed by atoms with Gasteiger partial charge in [0, 0.05) is 0 Å². The molecule has 0 saturated carbocycles. The Balaban J connectivity index is 3.12. The van der Waals surface area contributed by atoms with Crippen LogP contribution in [0.2, 0.25) is 0 Å². The van der Waals surface area contributed by atoms with Crippen molar-refractivity contribution in [1.82, 2.24) is 4.98 Å². The van der Waals surface area contributed by atoms with E-state index in [1.807, 2.05) is 0 Å². The molecule has 4 nitrogen and oxygen atoms in total. The number of carbonyl (C=O) groups is 1. The molecule has 1 aromatic rings. The van der Waals surface area contributed by atoms with Gasteiger partial charge in [0.05, 0.1) is 17.1 Å². The van der Waals surface area contributed by atoms with Gasteiger partial charge in [0.2, 0.25) is 0 Å². The Morgan fingerprint density at radius 3 is 2.67 bits per heavy atom. The van der Waals surface area contributed by atoms with Crippen LogP contribution in [0.3, 0.4) is 0 Å². The van der Waals surface area contributed by atoms with Crippen molar-refractivity contribution in [3.63, 3.8) is 0 Å². The van der Waals surface area contributed by atoms with E-state index in [9.17, 15) is 4.79 Å². The average Bonchev–Trinajstić information content (AvgIpc) is 2.03. The van der Waals surface area contributed by atoms with Crippen LogP contribution in [-0.4, -0.2) is 10.9 Å². The number of hydrogen-bond acceptors (Lipinski definition) is 3. The quantitative estimate of drug-likeness (QED) is 0.659. The molecule has 1 heterocycles. The van der Waals surface area contributed by atoms with E-state index in [-0.39, 0.29) is 17.3 Å². The molecule has 0 bridgehead atoms. The summed E-state index contributed by atoms with van der Waals surface area (Å²) in [5.41, 5.74) is 11.3. The minimum Gasteiger partial charge on any atom is -0.383 e. The van der Waals surface area contributed by atoms with Crippen molar-refractivity contribution in [2.75, 3.05) is 5.73 Å². The highest BCUT2D eigenvalue weighted by Gasteiger charge is 2.06. The van der Waals surface area contributed by atoms with Gasteiger partial charge in [0.1, 0.15) is 5.82 Å². The number of nitrogens with two attached hydrogens (primary N) is 2. The number of halogens is 1. The number of carbonyl (C=O) groups excluding carboxylic acids is 1. The molecule has 0 aromatic carbocycles. The smallest absolute Gasteiger partial charge is 0.252 e. The van der Waals surface area contributed by atoms with Crippen molar-refractivity contribution < 1.29 is 4.79 Å². The van der Waals surface area contributed by atoms with E-state index in [2.05, 4.69) is 4.98 Å². The molecule has 1 aromatic heterocycles. The average molecular weight is 186 g/mol. The number of anilines is 1. The summed E-state index contributed by atoms with van der Waals surface area (Å²) in [4.78, 5) is 14.5. The summed E-state index contributed by atoms with van der Waals surface area (Å²) in [6.45, 7) is 0. The van der Waals surface area contributed by atoms with Crippen molar-refractivity contribution in [1.29, 1.82) is 0 Å². The zero-order valence-electron chi connectivity index (χ0n) is 6.25. The third kappa shape index (κ3) is 1.65. The van der Waals surface area contributed by atoms with E-state index in [1.54, 1.807) is 6.07 Å². The molecule has 0 aliphatic carbocycles. The summed E-state index contributed by atoms with van der Waals surface area (Å²) >= 11 is 5.50. The first-order chi connectivity index (χ1) is 5.65. The van der Waals surface area contributed by atoms with Crippen molar-refractivity contribution in [2.45, 2.75) is 5.88 Å². The van der Waals surface area contributed by atoms with Gasteiger partial charge in [0.15, 0.2) is 0 Å². The van der Waals surface area contributed by atoms with Crippen LogP contribution in [0.5, 0.6) is 0 Å². The normalized spacial score (nSPS) is 9.75. The van der Waals surface area contributed by atoms with E-state index in [0.29, 0.717) is 5.69 Å². The topological polar surface area (TPSA) is 82.0 Å². The molecule has 0 unspecified atom stereocenters. The highest BCUT2D eigenvalue weighted by atomic mass is 35.5. The minimum atomic E-state index is -0.582. The molecular weight excluding hydrogens is 178 g/mol. The fraction of sp³-hybridized carbons (Fsp3) is 0.143. The Bertz CT molecular complexity index is 314. The van der Waals surface area contributed by atoms with Gasteiger partial charge in [-0.15, -0.1) is 11.6 Å². The van der Waals surface area contributed by atoms with Crippen LogP contribution in [-0.2, 0) is 5.88 Å². The van der Waals surface area contributed by atoms with Crippen molar-refractivity contribution in [3.8, 4) is 0 Å². The second-order valence-electron chi connectivity index (χ2n) is 2.23. The molecule has 0 aliphatic rings. The Morgan fingerprint density at radius 1 is 1.58 bits per heavy atom. The fourth-order valence-corrected chi connectivity index (χ4v) is 0.949. The first-order valence-corrected chi connectivity index (χ1v) is 3.79. The number of pyridine rings is 1. The number of nitrogens with zero attached hydrogens (tertiary/aromatic N) is 1. The van der Waals surface area contributed by atoms with Crippen LogP contribution in [0.25, 0.3) is 0 Å². The van der Waals surface area contributed by atoms with Crippen LogP contribution in [0.4, 0.5) is 5.82 Å². The van der Waals surface area contributed by atoms with Gasteiger partial charge in [-0.2, -0.15) is 0 Å². The van der Waals surface area contributed by atoms with Crippen LogP contribution in [0.1, 0.15) is 16.1 Å². The standard InChI is InChI=1S/C7H8ClN3O/c8-3-4-1-2-5(7(10)12)6(9)11-4/h1-2H,3H2,(H2,9,11)(H2,10,12). The van der Waals surface area contributed by atoms with Gasteiger partial charge in [-0.3, -0.25) is 4.79 Å². The van der Waals surface area contributed by atoms with Gasteiger partial charge >= 0.3 is 0 Å². The summed E-state index contributed by atoms with van der Waals surface area (Å²) in [6, 6.07) is 3.13. The maximum Gasteiger partial charge on any atom is 0.252 e. The monoisotopic (exact) mass is 185 g/mol. The largest absolute Gasteiger partial charge is 0.383 e. The van der Waals surface area contributed by atoms with E-state index in [4.69, 9.17) is 23.1 Å². The van der Waals surface area contributed by atoms with E-state index < -0.39 is 5.91 Å². The molecule has 0 spiro atoms. The van der Waals surface area contributed by atoms with Crippen LogP contribution in [0.15, 0.2) is 12.1 Å². The minimum absolute atomic E-state index is 0.126. The predicted octanol–water partition coefficient (Wildman–Crippen LogP) is 0.502. The zero-order chi connectivity index (χ0) is 9.14. The Morgan fingerprint density at radius 2 is 2.25 bits per heavy atom. The lowest BCUT2D eigenvalue weighted by molar-refractivity contribution is 0.100. The first-order valence-electron chi connectivity index (χ1n) is 3.26. The second-order valence-corrected chi connectivity index (χ2v) is 2.50. The number of hydrogen-bond donors (Lipinski definition) is 2. The first kappa shape index (κ1) is 8.80. The summed E-state index contributed by atoms with van der Waals surface area (Å²) in [5, 5.41) is 0. The number of nitrogen functional groups attached to an aromatic ring is 1. The molecule has 1 amide bonds. The lowest BCUT2D eigenvalue weighted by atomic mass is 10.2. The van der Waals surface area contributed by atoms with Crippen molar-refractivity contribution in [2.24, 2.45) is 5.73 Å². The predicted molar refractivity (Wildman–Crippen MR) is 46.7 cm³/mol. The summed E-state index contributed by atoms with van der Waals surface area (Å²) in [5.74, 6) is -0.190. The lowest BCUT2D eigenvalue weighted by Crippen LogP contribution is -2.14. The highest BCUT2D eigenvalue weighted by molar-refractivity contribution is 6.16. The van der Waals surface area contributed by atoms with Crippen LogP contribution >= 0.6 is 11.6 Å². The van der Waals surface area contributed by atoms with E-state index in [1.165, 1.54) is 6.07 Å². The van der Waals surface area contributed by atoms with E-state index >= 15 is 0 Å². The number of primary amides is 1. The third-order valence-electron chi connectivity index (χ3n) is 1.38.